The number of benzene rings is 3. The van der Waals surface area contributed by atoms with Gasteiger partial charge in [-0.3, -0.25) is 9.10 Å². The maximum atomic E-state index is 13.4. The molecule has 0 heterocycles. The lowest BCUT2D eigenvalue weighted by Gasteiger charge is -2.25. The SMILES string of the molecule is COc1ccc(N(CCOc2ccccc2)S(=O)(=O)c2ccc(C(C)=O)cc2)cc1. The van der Waals surface area contributed by atoms with E-state index in [4.69, 9.17) is 9.47 Å². The molecule has 0 bridgehead atoms. The summed E-state index contributed by atoms with van der Waals surface area (Å²) in [4.78, 5) is 11.6. The molecular weight excluding hydrogens is 402 g/mol. The van der Waals surface area contributed by atoms with Gasteiger partial charge in [-0.25, -0.2) is 8.42 Å². The molecule has 0 aromatic heterocycles. The number of nitrogens with zero attached hydrogens (tertiary/aromatic N) is 1. The van der Waals surface area contributed by atoms with Gasteiger partial charge in [-0.1, -0.05) is 30.3 Å². The molecule has 0 spiro atoms. The fraction of sp³-hybridized carbons (Fsp3) is 0.174. The highest BCUT2D eigenvalue weighted by Crippen LogP contribution is 2.26. The molecule has 7 heteroatoms. The second-order valence-electron chi connectivity index (χ2n) is 6.52. The first-order valence-corrected chi connectivity index (χ1v) is 10.8. The summed E-state index contributed by atoms with van der Waals surface area (Å²) in [5.41, 5.74) is 0.945. The van der Waals surface area contributed by atoms with Gasteiger partial charge in [0.25, 0.3) is 10.0 Å². The van der Waals surface area contributed by atoms with Gasteiger partial charge in [0.1, 0.15) is 18.1 Å². The number of Topliss-reactive ketones (excluding diaryl/α,β-unsaturated/α-hetero) is 1. The van der Waals surface area contributed by atoms with E-state index in [2.05, 4.69) is 0 Å². The van der Waals surface area contributed by atoms with E-state index in [9.17, 15) is 13.2 Å². The quantitative estimate of drug-likeness (QED) is 0.481. The van der Waals surface area contributed by atoms with Crippen LogP contribution in [0.5, 0.6) is 11.5 Å². The summed E-state index contributed by atoms with van der Waals surface area (Å²) in [7, 11) is -2.32. The zero-order chi connectivity index (χ0) is 21.6. The number of carbonyl (C=O) groups is 1. The number of anilines is 1. The Morgan fingerprint density at radius 3 is 2.07 bits per heavy atom. The largest absolute Gasteiger partial charge is 0.497 e. The molecule has 0 radical (unpaired) electrons. The number of sulfonamides is 1. The van der Waals surface area contributed by atoms with Crippen LogP contribution in [-0.2, 0) is 10.0 Å². The van der Waals surface area contributed by atoms with Crippen LogP contribution < -0.4 is 13.8 Å². The lowest BCUT2D eigenvalue weighted by molar-refractivity contribution is 0.101. The van der Waals surface area contributed by atoms with Crippen LogP contribution in [0.25, 0.3) is 0 Å². The zero-order valence-electron chi connectivity index (χ0n) is 16.8. The van der Waals surface area contributed by atoms with Crippen molar-refractivity contribution in [1.82, 2.24) is 0 Å². The normalized spacial score (nSPS) is 11.0. The molecule has 3 aromatic carbocycles. The monoisotopic (exact) mass is 425 g/mol. The van der Waals surface area contributed by atoms with E-state index in [1.54, 1.807) is 31.4 Å². The summed E-state index contributed by atoms with van der Waals surface area (Å²) in [6.07, 6.45) is 0. The van der Waals surface area contributed by atoms with Crippen LogP contribution in [0.3, 0.4) is 0 Å². The topological polar surface area (TPSA) is 72.9 Å². The molecule has 0 fully saturated rings. The Morgan fingerprint density at radius 1 is 0.867 bits per heavy atom. The Hall–Kier alpha value is -3.32. The predicted molar refractivity (Wildman–Crippen MR) is 116 cm³/mol. The molecular formula is C23H23NO5S. The van der Waals surface area contributed by atoms with Gasteiger partial charge >= 0.3 is 0 Å². The van der Waals surface area contributed by atoms with Gasteiger partial charge in [0.15, 0.2) is 5.78 Å². The third-order valence-corrected chi connectivity index (χ3v) is 6.36. The van der Waals surface area contributed by atoms with E-state index in [0.29, 0.717) is 22.7 Å². The van der Waals surface area contributed by atoms with Gasteiger partial charge in [0, 0.05) is 5.56 Å². The maximum Gasteiger partial charge on any atom is 0.264 e. The number of carbonyl (C=O) groups excluding carboxylic acids is 1. The molecule has 0 unspecified atom stereocenters. The van der Waals surface area contributed by atoms with Crippen molar-refractivity contribution < 1.29 is 22.7 Å². The van der Waals surface area contributed by atoms with Gasteiger partial charge in [0.2, 0.25) is 0 Å². The summed E-state index contributed by atoms with van der Waals surface area (Å²) < 4.78 is 38.9. The average Bonchev–Trinajstić information content (AvgIpc) is 2.77. The Kier molecular flexibility index (Phi) is 6.74. The van der Waals surface area contributed by atoms with E-state index in [1.807, 2.05) is 30.3 Å². The zero-order valence-corrected chi connectivity index (χ0v) is 17.6. The van der Waals surface area contributed by atoms with E-state index >= 15 is 0 Å². The molecule has 0 aliphatic rings. The minimum atomic E-state index is -3.87. The number of para-hydroxylation sites is 1. The second kappa shape index (κ2) is 9.45. The number of hydrogen-bond acceptors (Lipinski definition) is 5. The van der Waals surface area contributed by atoms with Crippen LogP contribution in [0.2, 0.25) is 0 Å². The molecule has 0 aliphatic carbocycles. The van der Waals surface area contributed by atoms with Gasteiger partial charge in [-0.2, -0.15) is 0 Å². The van der Waals surface area contributed by atoms with E-state index in [0.717, 1.165) is 0 Å². The lowest BCUT2D eigenvalue weighted by atomic mass is 10.2. The maximum absolute atomic E-state index is 13.4. The lowest BCUT2D eigenvalue weighted by Crippen LogP contribution is -2.34. The molecule has 30 heavy (non-hydrogen) atoms. The first-order chi connectivity index (χ1) is 14.4. The smallest absolute Gasteiger partial charge is 0.264 e. The average molecular weight is 426 g/mol. The molecule has 156 valence electrons. The molecule has 0 N–H and O–H groups in total. The molecule has 0 saturated carbocycles. The Balaban J connectivity index is 1.89. The van der Waals surface area contributed by atoms with E-state index in [1.165, 1.54) is 35.5 Å². The Labute approximate surface area is 176 Å². The highest BCUT2D eigenvalue weighted by Gasteiger charge is 2.25. The number of ether oxygens (including phenoxy) is 2. The van der Waals surface area contributed by atoms with Crippen molar-refractivity contribution in [3.8, 4) is 11.5 Å². The summed E-state index contributed by atoms with van der Waals surface area (Å²) in [5, 5.41) is 0. The Bertz CT molecular complexity index is 1080. The van der Waals surface area contributed by atoms with Gasteiger partial charge in [0.05, 0.1) is 24.2 Å². The van der Waals surface area contributed by atoms with Crippen LogP contribution in [0.4, 0.5) is 5.69 Å². The minimum Gasteiger partial charge on any atom is -0.497 e. The molecule has 3 rings (SSSR count). The van der Waals surface area contributed by atoms with E-state index < -0.39 is 10.0 Å². The van der Waals surface area contributed by atoms with Crippen molar-refractivity contribution in [3.63, 3.8) is 0 Å². The minimum absolute atomic E-state index is 0.100. The molecule has 3 aromatic rings. The van der Waals surface area contributed by atoms with Gasteiger partial charge < -0.3 is 9.47 Å². The van der Waals surface area contributed by atoms with Crippen LogP contribution in [0, 0.1) is 0 Å². The van der Waals surface area contributed by atoms with Crippen molar-refractivity contribution in [3.05, 3.63) is 84.4 Å². The van der Waals surface area contributed by atoms with Crippen molar-refractivity contribution in [2.75, 3.05) is 24.6 Å². The number of methoxy groups -OCH3 is 1. The van der Waals surface area contributed by atoms with Gasteiger partial charge in [-0.05, 0) is 55.5 Å². The number of ketones is 1. The summed E-state index contributed by atoms with van der Waals surface area (Å²) in [6, 6.07) is 21.9. The van der Waals surface area contributed by atoms with Crippen molar-refractivity contribution >= 4 is 21.5 Å². The summed E-state index contributed by atoms with van der Waals surface area (Å²) in [6.45, 7) is 1.72. The van der Waals surface area contributed by atoms with E-state index in [-0.39, 0.29) is 23.8 Å². The first-order valence-electron chi connectivity index (χ1n) is 9.37. The third kappa shape index (κ3) is 4.99. The number of hydrogen-bond donors (Lipinski definition) is 0. The van der Waals surface area contributed by atoms with Crippen LogP contribution >= 0.6 is 0 Å². The summed E-state index contributed by atoms with van der Waals surface area (Å²) >= 11 is 0. The van der Waals surface area contributed by atoms with Crippen LogP contribution in [-0.4, -0.2) is 34.5 Å². The fourth-order valence-corrected chi connectivity index (χ4v) is 4.34. The molecule has 0 aliphatic heterocycles. The summed E-state index contributed by atoms with van der Waals surface area (Å²) in [5.74, 6) is 1.17. The van der Waals surface area contributed by atoms with Gasteiger partial charge in [-0.15, -0.1) is 0 Å². The standard InChI is InChI=1S/C23H23NO5S/c1-18(25)19-8-14-23(15-9-19)30(26,27)24(20-10-12-21(28-2)13-11-20)16-17-29-22-6-4-3-5-7-22/h3-15H,16-17H2,1-2H3. The fourth-order valence-electron chi connectivity index (χ4n) is 2.89. The molecule has 0 atom stereocenters. The number of rotatable bonds is 9. The highest BCUT2D eigenvalue weighted by atomic mass is 32.2. The van der Waals surface area contributed by atoms with Crippen molar-refractivity contribution in [1.29, 1.82) is 0 Å². The van der Waals surface area contributed by atoms with Crippen molar-refractivity contribution in [2.24, 2.45) is 0 Å². The molecule has 0 saturated heterocycles. The Morgan fingerprint density at radius 2 is 1.50 bits per heavy atom. The van der Waals surface area contributed by atoms with Crippen molar-refractivity contribution in [2.45, 2.75) is 11.8 Å². The molecule has 6 nitrogen and oxygen atoms in total. The first kappa shape index (κ1) is 21.4. The second-order valence-corrected chi connectivity index (χ2v) is 8.38. The van der Waals surface area contributed by atoms with Crippen LogP contribution in [0.15, 0.2) is 83.8 Å². The predicted octanol–water partition coefficient (Wildman–Crippen LogP) is 4.17. The highest BCUT2D eigenvalue weighted by molar-refractivity contribution is 7.92. The van der Waals surface area contributed by atoms with Crippen LogP contribution in [0.1, 0.15) is 17.3 Å². The molecule has 0 amide bonds. The third-order valence-electron chi connectivity index (χ3n) is 4.52.